The first-order chi connectivity index (χ1) is 11.4. The highest BCUT2D eigenvalue weighted by molar-refractivity contribution is 9.10. The minimum absolute atomic E-state index is 0.242. The van der Waals surface area contributed by atoms with Gasteiger partial charge in [0.1, 0.15) is 5.82 Å². The van der Waals surface area contributed by atoms with Crippen LogP contribution in [-0.2, 0) is 9.63 Å². The van der Waals surface area contributed by atoms with Crippen LogP contribution in [0.2, 0.25) is 0 Å². The molecule has 1 heterocycles. The lowest BCUT2D eigenvalue weighted by Crippen LogP contribution is -2.46. The number of halogens is 2. The topological polar surface area (TPSA) is 94.5 Å². The molecule has 130 valence electrons. The highest BCUT2D eigenvalue weighted by Gasteiger charge is 2.29. The summed E-state index contributed by atoms with van der Waals surface area (Å²) in [5.41, 5.74) is 2.69. The number of urea groups is 1. The van der Waals surface area contributed by atoms with Crippen LogP contribution in [0.1, 0.15) is 12.8 Å². The van der Waals surface area contributed by atoms with Crippen molar-refractivity contribution in [3.8, 4) is 0 Å². The summed E-state index contributed by atoms with van der Waals surface area (Å²) in [6, 6.07) is 3.83. The van der Waals surface area contributed by atoms with Crippen LogP contribution in [0.3, 0.4) is 0 Å². The average Bonchev–Trinajstić information content (AvgIpc) is 2.58. The number of carbonyl (C=O) groups is 2. The van der Waals surface area contributed by atoms with Gasteiger partial charge in [0.15, 0.2) is 5.84 Å². The molecule has 1 aliphatic rings. The van der Waals surface area contributed by atoms with E-state index in [1.807, 2.05) is 0 Å². The Labute approximate surface area is 147 Å². The summed E-state index contributed by atoms with van der Waals surface area (Å²) in [6.45, 7) is 0.835. The number of amides is 2. The molecule has 3 N–H and O–H groups in total. The van der Waals surface area contributed by atoms with Crippen molar-refractivity contribution in [2.75, 3.05) is 25.5 Å². The fourth-order valence-corrected chi connectivity index (χ4v) is 2.86. The van der Waals surface area contributed by atoms with Crippen LogP contribution in [0.4, 0.5) is 14.9 Å². The van der Waals surface area contributed by atoms with Gasteiger partial charge in [-0.2, -0.15) is 0 Å². The van der Waals surface area contributed by atoms with Crippen molar-refractivity contribution in [2.24, 2.45) is 5.92 Å². The predicted octanol–water partition coefficient (Wildman–Crippen LogP) is 2.53. The smallest absolute Gasteiger partial charge is 0.338 e. The molecule has 2 amide bonds. The molecule has 1 saturated heterocycles. The van der Waals surface area contributed by atoms with Crippen LogP contribution in [-0.4, -0.2) is 42.7 Å². The Morgan fingerprint density at radius 3 is 2.62 bits per heavy atom. The van der Waals surface area contributed by atoms with E-state index in [4.69, 9.17) is 5.41 Å². The first-order valence-electron chi connectivity index (χ1n) is 7.35. The Bertz CT molecular complexity index is 648. The Balaban J connectivity index is 1.89. The van der Waals surface area contributed by atoms with Gasteiger partial charge in [-0.05, 0) is 47.0 Å². The molecule has 0 saturated carbocycles. The zero-order chi connectivity index (χ0) is 17.7. The number of nitrogens with zero attached hydrogens (tertiary/aromatic N) is 1. The van der Waals surface area contributed by atoms with E-state index in [1.165, 1.54) is 25.3 Å². The minimum Gasteiger partial charge on any atom is -0.338 e. The molecule has 0 bridgehead atoms. The number of benzene rings is 1. The van der Waals surface area contributed by atoms with Gasteiger partial charge in [0.05, 0.1) is 11.6 Å². The summed E-state index contributed by atoms with van der Waals surface area (Å²) in [5.74, 6) is -1.30. The molecule has 2 rings (SSSR count). The van der Waals surface area contributed by atoms with Crippen molar-refractivity contribution < 1.29 is 18.8 Å². The molecule has 9 heteroatoms. The van der Waals surface area contributed by atoms with Crippen LogP contribution < -0.4 is 10.8 Å². The second-order valence-electron chi connectivity index (χ2n) is 5.37. The molecule has 24 heavy (non-hydrogen) atoms. The van der Waals surface area contributed by atoms with Crippen LogP contribution in [0, 0.1) is 17.1 Å². The molecule has 0 radical (unpaired) electrons. The van der Waals surface area contributed by atoms with Gasteiger partial charge in [-0.25, -0.2) is 14.7 Å². The first kappa shape index (κ1) is 18.3. The lowest BCUT2D eigenvalue weighted by atomic mass is 9.92. The highest BCUT2D eigenvalue weighted by Crippen LogP contribution is 2.22. The van der Waals surface area contributed by atoms with Gasteiger partial charge >= 0.3 is 6.03 Å². The Kier molecular flexibility index (Phi) is 6.27. The predicted molar refractivity (Wildman–Crippen MR) is 90.3 cm³/mol. The molecule has 0 aromatic heterocycles. The van der Waals surface area contributed by atoms with Crippen molar-refractivity contribution in [3.05, 3.63) is 28.5 Å². The molecule has 0 aliphatic carbocycles. The quantitative estimate of drug-likeness (QED) is 0.411. The summed E-state index contributed by atoms with van der Waals surface area (Å²) in [4.78, 5) is 30.1. The summed E-state index contributed by atoms with van der Waals surface area (Å²) >= 11 is 3.06. The fraction of sp³-hybridized carbons (Fsp3) is 0.400. The average molecular weight is 401 g/mol. The zero-order valence-electron chi connectivity index (χ0n) is 13.1. The summed E-state index contributed by atoms with van der Waals surface area (Å²) in [6.07, 6.45) is 0.959. The van der Waals surface area contributed by atoms with E-state index < -0.39 is 5.82 Å². The van der Waals surface area contributed by atoms with E-state index in [0.717, 1.165) is 0 Å². The van der Waals surface area contributed by atoms with Gasteiger partial charge in [0, 0.05) is 24.7 Å². The molecule has 1 aromatic carbocycles. The Hall–Kier alpha value is -2.00. The van der Waals surface area contributed by atoms with Crippen molar-refractivity contribution in [1.82, 2.24) is 10.4 Å². The third kappa shape index (κ3) is 4.51. The maximum absolute atomic E-state index is 13.2. The zero-order valence-corrected chi connectivity index (χ0v) is 14.7. The van der Waals surface area contributed by atoms with Gasteiger partial charge in [-0.15, -0.1) is 0 Å². The second kappa shape index (κ2) is 8.20. The minimum atomic E-state index is -0.417. The fourth-order valence-electron chi connectivity index (χ4n) is 2.48. The van der Waals surface area contributed by atoms with E-state index in [0.29, 0.717) is 31.6 Å². The maximum Gasteiger partial charge on any atom is 0.341 e. The SMILES string of the molecule is CONC(=O)N1CCC(C(=O)C(=N)Nc2ccc(F)c(Br)c2)CC1. The normalized spacial score (nSPS) is 15.0. The molecule has 7 nitrogen and oxygen atoms in total. The number of ketones is 1. The second-order valence-corrected chi connectivity index (χ2v) is 6.22. The molecular weight excluding hydrogens is 383 g/mol. The number of Topliss-reactive ketones (excluding diaryl/α,β-unsaturated/α-hetero) is 1. The molecule has 1 aliphatic heterocycles. The van der Waals surface area contributed by atoms with E-state index in [1.54, 1.807) is 4.90 Å². The van der Waals surface area contributed by atoms with Gasteiger partial charge in [-0.3, -0.25) is 15.0 Å². The van der Waals surface area contributed by atoms with Crippen molar-refractivity contribution >= 4 is 39.3 Å². The molecule has 1 aromatic rings. The summed E-state index contributed by atoms with van der Waals surface area (Å²) in [7, 11) is 1.36. The summed E-state index contributed by atoms with van der Waals surface area (Å²) < 4.78 is 13.5. The largest absolute Gasteiger partial charge is 0.341 e. The van der Waals surface area contributed by atoms with E-state index in [-0.39, 0.29) is 28.0 Å². The number of nitrogens with one attached hydrogen (secondary N) is 3. The van der Waals surface area contributed by atoms with E-state index in [2.05, 4.69) is 31.6 Å². The van der Waals surface area contributed by atoms with Gasteiger partial charge < -0.3 is 10.2 Å². The third-order valence-corrected chi connectivity index (χ3v) is 4.39. The van der Waals surface area contributed by atoms with E-state index >= 15 is 0 Å². The van der Waals surface area contributed by atoms with Crippen LogP contribution in [0.15, 0.2) is 22.7 Å². The number of hydrogen-bond donors (Lipinski definition) is 3. The standard InChI is InChI=1S/C15H18BrFN4O3/c1-24-20-15(23)21-6-4-9(5-7-21)13(22)14(18)19-10-2-3-12(17)11(16)8-10/h2-3,8-9H,4-7H2,1H3,(H2,18,19)(H,20,23). The van der Waals surface area contributed by atoms with Crippen molar-refractivity contribution in [3.63, 3.8) is 0 Å². The highest BCUT2D eigenvalue weighted by atomic mass is 79.9. The van der Waals surface area contributed by atoms with Gasteiger partial charge in [0.2, 0.25) is 5.78 Å². The monoisotopic (exact) mass is 400 g/mol. The van der Waals surface area contributed by atoms with Crippen LogP contribution in [0.25, 0.3) is 0 Å². The molecular formula is C15H18BrFN4O3. The molecule has 0 spiro atoms. The van der Waals surface area contributed by atoms with Crippen LogP contribution in [0.5, 0.6) is 0 Å². The van der Waals surface area contributed by atoms with Gasteiger partial charge in [-0.1, -0.05) is 0 Å². The number of piperidine rings is 1. The lowest BCUT2D eigenvalue weighted by molar-refractivity contribution is -0.117. The molecule has 0 atom stereocenters. The number of likely N-dealkylation sites (tertiary alicyclic amines) is 1. The maximum atomic E-state index is 13.2. The van der Waals surface area contributed by atoms with Crippen molar-refractivity contribution in [1.29, 1.82) is 5.41 Å². The van der Waals surface area contributed by atoms with Crippen molar-refractivity contribution in [2.45, 2.75) is 12.8 Å². The number of hydroxylamine groups is 1. The third-order valence-electron chi connectivity index (χ3n) is 3.78. The number of rotatable bonds is 4. The van der Waals surface area contributed by atoms with E-state index in [9.17, 15) is 14.0 Å². The Morgan fingerprint density at radius 2 is 2.04 bits per heavy atom. The molecule has 0 unspecified atom stereocenters. The van der Waals surface area contributed by atoms with Gasteiger partial charge in [0.25, 0.3) is 0 Å². The lowest BCUT2D eigenvalue weighted by Gasteiger charge is -2.30. The first-order valence-corrected chi connectivity index (χ1v) is 8.14. The molecule has 1 fully saturated rings. The number of anilines is 1. The Morgan fingerprint density at radius 1 is 1.38 bits per heavy atom. The number of hydrogen-bond acceptors (Lipinski definition) is 4. The number of amidine groups is 1. The number of carbonyl (C=O) groups excluding carboxylic acids is 2. The summed E-state index contributed by atoms with van der Waals surface area (Å²) in [5, 5.41) is 10.6. The van der Waals surface area contributed by atoms with Crippen LogP contribution >= 0.6 is 15.9 Å².